The van der Waals surface area contributed by atoms with Crippen LogP contribution in [-0.4, -0.2) is 9.91 Å². The first kappa shape index (κ1) is 10.3. The Balaban J connectivity index is 3.35. The predicted molar refractivity (Wildman–Crippen MR) is 45.0 cm³/mol. The van der Waals surface area contributed by atoms with Crippen molar-refractivity contribution in [3.63, 3.8) is 0 Å². The van der Waals surface area contributed by atoms with Crippen molar-refractivity contribution in [2.24, 2.45) is 0 Å². The number of hydrogen-bond donors (Lipinski definition) is 1. The molecule has 0 saturated carbocycles. The molecule has 0 aliphatic heterocycles. The summed E-state index contributed by atoms with van der Waals surface area (Å²) >= 11 is 0. The Morgan fingerprint density at radius 2 is 2.21 bits per heavy atom. The molecule has 0 aromatic carbocycles. The van der Waals surface area contributed by atoms with E-state index in [1.165, 1.54) is 6.92 Å². The number of rotatable bonds is 2. The molecule has 7 heteroatoms. The van der Waals surface area contributed by atoms with Crippen LogP contribution in [0.25, 0.3) is 0 Å². The van der Waals surface area contributed by atoms with Crippen molar-refractivity contribution in [1.29, 1.82) is 0 Å². The average molecular weight is 203 g/mol. The molecule has 1 rings (SSSR count). The molecule has 1 aromatic heterocycles. The highest BCUT2D eigenvalue weighted by Crippen LogP contribution is 2.28. The van der Waals surface area contributed by atoms with Crippen molar-refractivity contribution in [1.82, 2.24) is 4.98 Å². The third-order valence-corrected chi connectivity index (χ3v) is 1.76. The van der Waals surface area contributed by atoms with Gasteiger partial charge < -0.3 is 15.8 Å². The standard InChI is InChI=1S/C7H7F2N3O2/c1-3-4(6(8)9)2-5(12(13)14)11-7(3)10/h2,6H,1H3,(H2,10,11). The van der Waals surface area contributed by atoms with Crippen molar-refractivity contribution >= 4 is 11.6 Å². The van der Waals surface area contributed by atoms with E-state index in [2.05, 4.69) is 4.98 Å². The molecule has 76 valence electrons. The zero-order chi connectivity index (χ0) is 10.9. The van der Waals surface area contributed by atoms with Gasteiger partial charge in [0.05, 0.1) is 0 Å². The normalized spacial score (nSPS) is 10.6. The minimum atomic E-state index is -2.79. The maximum Gasteiger partial charge on any atom is 0.366 e. The number of pyridine rings is 1. The van der Waals surface area contributed by atoms with Crippen LogP contribution >= 0.6 is 0 Å². The SMILES string of the molecule is Cc1c(C(F)F)cc([N+](=O)[O-])nc1N. The molecule has 0 unspecified atom stereocenters. The van der Waals surface area contributed by atoms with Crippen LogP contribution < -0.4 is 5.73 Å². The molecule has 14 heavy (non-hydrogen) atoms. The summed E-state index contributed by atoms with van der Waals surface area (Å²) in [5.74, 6) is -0.905. The lowest BCUT2D eigenvalue weighted by molar-refractivity contribution is -0.389. The molecular weight excluding hydrogens is 196 g/mol. The van der Waals surface area contributed by atoms with Gasteiger partial charge in [-0.2, -0.15) is 0 Å². The number of nitrogens with two attached hydrogens (primary N) is 1. The number of nitro groups is 1. The summed E-state index contributed by atoms with van der Waals surface area (Å²) in [6.45, 7) is 1.34. The summed E-state index contributed by atoms with van der Waals surface area (Å²) in [7, 11) is 0. The largest absolute Gasteiger partial charge is 0.366 e. The number of halogens is 2. The van der Waals surface area contributed by atoms with E-state index in [1.807, 2.05) is 0 Å². The van der Waals surface area contributed by atoms with Crippen LogP contribution in [0, 0.1) is 17.0 Å². The van der Waals surface area contributed by atoms with E-state index in [4.69, 9.17) is 5.73 Å². The highest BCUT2D eigenvalue weighted by atomic mass is 19.3. The van der Waals surface area contributed by atoms with Crippen molar-refractivity contribution in [2.75, 3.05) is 5.73 Å². The van der Waals surface area contributed by atoms with Crippen LogP contribution in [0.1, 0.15) is 17.6 Å². The summed E-state index contributed by atoms with van der Waals surface area (Å²) in [6.07, 6.45) is -2.79. The summed E-state index contributed by atoms with van der Waals surface area (Å²) in [4.78, 5) is 12.8. The Kier molecular flexibility index (Phi) is 2.59. The number of nitrogens with zero attached hydrogens (tertiary/aromatic N) is 2. The lowest BCUT2D eigenvalue weighted by Crippen LogP contribution is -2.03. The van der Waals surface area contributed by atoms with E-state index >= 15 is 0 Å². The van der Waals surface area contributed by atoms with Gasteiger partial charge in [0.15, 0.2) is 0 Å². The molecule has 0 spiro atoms. The number of hydrogen-bond acceptors (Lipinski definition) is 4. The molecule has 1 heterocycles. The first-order valence-electron chi connectivity index (χ1n) is 3.63. The van der Waals surface area contributed by atoms with Gasteiger partial charge in [-0.3, -0.25) is 0 Å². The molecular formula is C7H7F2N3O2. The Hall–Kier alpha value is -1.79. The molecule has 0 bridgehead atoms. The highest BCUT2D eigenvalue weighted by molar-refractivity contribution is 5.48. The summed E-state index contributed by atoms with van der Waals surface area (Å²) in [5, 5.41) is 10.3. The van der Waals surface area contributed by atoms with E-state index in [9.17, 15) is 18.9 Å². The van der Waals surface area contributed by atoms with Gasteiger partial charge in [-0.05, 0) is 16.8 Å². The smallest absolute Gasteiger partial charge is 0.363 e. The second-order valence-corrected chi connectivity index (χ2v) is 2.64. The lowest BCUT2D eigenvalue weighted by Gasteiger charge is -2.04. The van der Waals surface area contributed by atoms with Crippen LogP contribution in [0.5, 0.6) is 0 Å². The van der Waals surface area contributed by atoms with Gasteiger partial charge in [0.25, 0.3) is 6.43 Å². The topological polar surface area (TPSA) is 82.0 Å². The maximum atomic E-state index is 12.3. The van der Waals surface area contributed by atoms with Gasteiger partial charge in [-0.15, -0.1) is 0 Å². The molecule has 0 saturated heterocycles. The van der Waals surface area contributed by atoms with Crippen LogP contribution in [-0.2, 0) is 0 Å². The van der Waals surface area contributed by atoms with Gasteiger partial charge in [0, 0.05) is 17.2 Å². The first-order valence-corrected chi connectivity index (χ1v) is 3.63. The third-order valence-electron chi connectivity index (χ3n) is 1.76. The molecule has 0 atom stereocenters. The number of anilines is 1. The molecule has 0 amide bonds. The molecule has 2 N–H and O–H groups in total. The Labute approximate surface area is 77.7 Å². The van der Waals surface area contributed by atoms with Crippen LogP contribution in [0.2, 0.25) is 0 Å². The van der Waals surface area contributed by atoms with E-state index in [0.717, 1.165) is 6.07 Å². The van der Waals surface area contributed by atoms with Gasteiger partial charge in [0.1, 0.15) is 0 Å². The second kappa shape index (κ2) is 3.52. The lowest BCUT2D eigenvalue weighted by atomic mass is 10.1. The fourth-order valence-electron chi connectivity index (χ4n) is 0.955. The summed E-state index contributed by atoms with van der Waals surface area (Å²) < 4.78 is 24.7. The Morgan fingerprint density at radius 3 is 2.64 bits per heavy atom. The van der Waals surface area contributed by atoms with Crippen molar-refractivity contribution in [3.05, 3.63) is 27.3 Å². The zero-order valence-electron chi connectivity index (χ0n) is 7.20. The fourth-order valence-corrected chi connectivity index (χ4v) is 0.955. The highest BCUT2D eigenvalue weighted by Gasteiger charge is 2.21. The summed E-state index contributed by atoms with van der Waals surface area (Å²) in [5.41, 5.74) is 4.87. The van der Waals surface area contributed by atoms with E-state index in [0.29, 0.717) is 0 Å². The number of alkyl halides is 2. The molecule has 0 radical (unpaired) electrons. The molecule has 0 aliphatic rings. The molecule has 0 fully saturated rings. The van der Waals surface area contributed by atoms with Crippen LogP contribution in [0.3, 0.4) is 0 Å². The Morgan fingerprint density at radius 1 is 1.64 bits per heavy atom. The second-order valence-electron chi connectivity index (χ2n) is 2.64. The van der Waals surface area contributed by atoms with Crippen LogP contribution in [0.4, 0.5) is 20.4 Å². The van der Waals surface area contributed by atoms with Gasteiger partial charge in [-0.1, -0.05) is 0 Å². The van der Waals surface area contributed by atoms with Crippen molar-refractivity contribution < 1.29 is 13.7 Å². The quantitative estimate of drug-likeness (QED) is 0.587. The number of aromatic nitrogens is 1. The van der Waals surface area contributed by atoms with E-state index in [1.54, 1.807) is 0 Å². The van der Waals surface area contributed by atoms with Crippen molar-refractivity contribution in [2.45, 2.75) is 13.3 Å². The van der Waals surface area contributed by atoms with Gasteiger partial charge >= 0.3 is 5.82 Å². The van der Waals surface area contributed by atoms with Crippen LogP contribution in [0.15, 0.2) is 6.07 Å². The average Bonchev–Trinajstić information content (AvgIpc) is 2.08. The minimum Gasteiger partial charge on any atom is -0.363 e. The monoisotopic (exact) mass is 203 g/mol. The van der Waals surface area contributed by atoms with Crippen molar-refractivity contribution in [3.8, 4) is 0 Å². The third kappa shape index (κ3) is 1.76. The molecule has 5 nitrogen and oxygen atoms in total. The van der Waals surface area contributed by atoms with E-state index < -0.39 is 22.7 Å². The minimum absolute atomic E-state index is 0.0746. The molecule has 0 aliphatic carbocycles. The first-order chi connectivity index (χ1) is 6.43. The summed E-state index contributed by atoms with van der Waals surface area (Å²) in [6, 6.07) is 0.732. The molecule has 1 aromatic rings. The predicted octanol–water partition coefficient (Wildman–Crippen LogP) is 1.82. The Bertz CT molecular complexity index is 381. The fraction of sp³-hybridized carbons (Fsp3) is 0.286. The van der Waals surface area contributed by atoms with Gasteiger partial charge in [0.2, 0.25) is 5.82 Å². The number of nitrogen functional groups attached to an aromatic ring is 1. The van der Waals surface area contributed by atoms with Gasteiger partial charge in [-0.25, -0.2) is 8.78 Å². The zero-order valence-corrected chi connectivity index (χ0v) is 7.20. The van der Waals surface area contributed by atoms with E-state index in [-0.39, 0.29) is 11.4 Å². The maximum absolute atomic E-state index is 12.3.